The van der Waals surface area contributed by atoms with Crippen molar-refractivity contribution in [1.82, 2.24) is 4.90 Å². The minimum atomic E-state index is -5.57. The highest BCUT2D eigenvalue weighted by molar-refractivity contribution is 8.07. The summed E-state index contributed by atoms with van der Waals surface area (Å²) in [6.45, 7) is 2.90. The van der Waals surface area contributed by atoms with Crippen LogP contribution in [0.4, 0.5) is 26.3 Å². The first-order valence-electron chi connectivity index (χ1n) is 5.34. The van der Waals surface area contributed by atoms with Gasteiger partial charge in [0, 0.05) is 17.6 Å². The smallest absolute Gasteiger partial charge is 0.342 e. The van der Waals surface area contributed by atoms with E-state index in [9.17, 15) is 35.9 Å². The lowest BCUT2D eigenvalue weighted by Gasteiger charge is -2.19. The molecule has 0 atom stereocenters. The van der Waals surface area contributed by atoms with Crippen molar-refractivity contribution in [2.45, 2.75) is 26.2 Å². The van der Waals surface area contributed by atoms with Gasteiger partial charge >= 0.3 is 12.4 Å². The van der Waals surface area contributed by atoms with E-state index in [1.54, 1.807) is 0 Å². The standard InChI is InChI=1S/C11H9F6NO2S/c1-4-5(2)21-9(18(4)3)6(7(19)10(12,13)14)8(20)11(15,16)17/h1-3H3. The Morgan fingerprint density at radius 2 is 1.33 bits per heavy atom. The van der Waals surface area contributed by atoms with Crippen LogP contribution in [0.5, 0.6) is 0 Å². The third-order valence-corrected chi connectivity index (χ3v) is 4.02. The van der Waals surface area contributed by atoms with Crippen molar-refractivity contribution in [3.63, 3.8) is 0 Å². The number of nitrogens with zero attached hydrogens (tertiary/aromatic N) is 1. The molecule has 0 spiro atoms. The minimum absolute atomic E-state index is 0.359. The Labute approximate surface area is 119 Å². The fraction of sp³-hybridized carbons (Fsp3) is 0.455. The number of carbonyl (C=O) groups is 2. The van der Waals surface area contributed by atoms with E-state index in [0.717, 1.165) is 4.90 Å². The van der Waals surface area contributed by atoms with Crippen LogP contribution < -0.4 is 0 Å². The van der Waals surface area contributed by atoms with E-state index >= 15 is 0 Å². The van der Waals surface area contributed by atoms with E-state index in [4.69, 9.17) is 0 Å². The molecule has 3 nitrogen and oxygen atoms in total. The van der Waals surface area contributed by atoms with Crippen LogP contribution in [0.1, 0.15) is 13.8 Å². The summed E-state index contributed by atoms with van der Waals surface area (Å²) in [4.78, 5) is 23.8. The molecule has 0 aliphatic carbocycles. The summed E-state index contributed by atoms with van der Waals surface area (Å²) in [6, 6.07) is 0. The van der Waals surface area contributed by atoms with Crippen LogP contribution in [0.3, 0.4) is 0 Å². The molecule has 0 N–H and O–H groups in total. The third-order valence-electron chi connectivity index (χ3n) is 2.75. The second-order valence-electron chi connectivity index (χ2n) is 4.14. The summed E-state index contributed by atoms with van der Waals surface area (Å²) in [5, 5.41) is -0.672. The zero-order valence-electron chi connectivity index (χ0n) is 10.9. The molecule has 21 heavy (non-hydrogen) atoms. The summed E-state index contributed by atoms with van der Waals surface area (Å²) in [5.74, 6) is -5.61. The molecule has 1 aliphatic rings. The Kier molecular flexibility index (Phi) is 4.52. The van der Waals surface area contributed by atoms with Gasteiger partial charge in [0.05, 0.1) is 5.03 Å². The zero-order chi connectivity index (χ0) is 16.7. The number of halogens is 6. The van der Waals surface area contributed by atoms with Gasteiger partial charge in [-0.2, -0.15) is 26.3 Å². The van der Waals surface area contributed by atoms with Gasteiger partial charge in [-0.05, 0) is 13.8 Å². The quantitative estimate of drug-likeness (QED) is 0.336. The van der Waals surface area contributed by atoms with Crippen molar-refractivity contribution in [2.24, 2.45) is 0 Å². The van der Waals surface area contributed by atoms with Crippen LogP contribution in [0.25, 0.3) is 0 Å². The monoisotopic (exact) mass is 333 g/mol. The van der Waals surface area contributed by atoms with E-state index in [0.29, 0.717) is 22.4 Å². The van der Waals surface area contributed by atoms with Crippen LogP contribution in [0, 0.1) is 0 Å². The molecule has 1 rings (SSSR count). The van der Waals surface area contributed by atoms with Crippen molar-refractivity contribution >= 4 is 23.3 Å². The molecular formula is C11H9F6NO2S. The van der Waals surface area contributed by atoms with Crippen molar-refractivity contribution in [3.8, 4) is 0 Å². The molecule has 0 aromatic heterocycles. The molecule has 0 bridgehead atoms. The molecule has 1 aliphatic heterocycles. The third kappa shape index (κ3) is 3.42. The van der Waals surface area contributed by atoms with Gasteiger partial charge in [-0.1, -0.05) is 11.8 Å². The molecule has 1 heterocycles. The normalized spacial score (nSPS) is 16.6. The van der Waals surface area contributed by atoms with Gasteiger partial charge in [0.25, 0.3) is 11.6 Å². The molecule has 0 saturated heterocycles. The van der Waals surface area contributed by atoms with Crippen LogP contribution in [0.2, 0.25) is 0 Å². The number of hydrogen-bond acceptors (Lipinski definition) is 4. The summed E-state index contributed by atoms with van der Waals surface area (Å²) in [7, 11) is 1.18. The topological polar surface area (TPSA) is 37.4 Å². The SMILES string of the molecule is CC1=C(C)N(C)C(=C(C(=O)C(F)(F)F)C(=O)C(F)(F)F)S1. The van der Waals surface area contributed by atoms with Gasteiger partial charge in [0.2, 0.25) is 0 Å². The fourth-order valence-corrected chi connectivity index (χ4v) is 2.61. The summed E-state index contributed by atoms with van der Waals surface area (Å²) < 4.78 is 74.9. The molecule has 0 fully saturated rings. The van der Waals surface area contributed by atoms with Crippen LogP contribution in [0.15, 0.2) is 21.2 Å². The number of Topliss-reactive ketones (excluding diaryl/α,β-unsaturated/α-hetero) is 2. The van der Waals surface area contributed by atoms with Gasteiger partial charge < -0.3 is 4.90 Å². The Morgan fingerprint density at radius 1 is 0.952 bits per heavy atom. The van der Waals surface area contributed by atoms with E-state index in [1.165, 1.54) is 20.9 Å². The number of alkyl halides is 6. The number of allylic oxidation sites excluding steroid dienone is 3. The first-order chi connectivity index (χ1) is 9.28. The molecular weight excluding hydrogens is 324 g/mol. The Bertz CT molecular complexity index is 530. The second kappa shape index (κ2) is 5.39. The highest BCUT2D eigenvalue weighted by Gasteiger charge is 2.52. The molecule has 0 aromatic carbocycles. The summed E-state index contributed by atoms with van der Waals surface area (Å²) >= 11 is 0.522. The van der Waals surface area contributed by atoms with Crippen LogP contribution in [-0.2, 0) is 9.59 Å². The molecule has 118 valence electrons. The molecule has 0 radical (unpaired) electrons. The van der Waals surface area contributed by atoms with E-state index < -0.39 is 34.5 Å². The molecule has 0 unspecified atom stereocenters. The maximum atomic E-state index is 12.5. The summed E-state index contributed by atoms with van der Waals surface area (Å²) in [6.07, 6.45) is -11.1. The Morgan fingerprint density at radius 3 is 1.57 bits per heavy atom. The number of carbonyl (C=O) groups excluding carboxylic acids is 2. The average Bonchev–Trinajstić information content (AvgIpc) is 2.55. The zero-order valence-corrected chi connectivity index (χ0v) is 11.8. The van der Waals surface area contributed by atoms with E-state index in [2.05, 4.69) is 0 Å². The van der Waals surface area contributed by atoms with Gasteiger partial charge in [0.1, 0.15) is 5.57 Å². The maximum Gasteiger partial charge on any atom is 0.455 e. The van der Waals surface area contributed by atoms with E-state index in [-0.39, 0.29) is 0 Å². The molecule has 10 heteroatoms. The number of rotatable bonds is 2. The van der Waals surface area contributed by atoms with Crippen molar-refractivity contribution in [1.29, 1.82) is 0 Å². The summed E-state index contributed by atoms with van der Waals surface area (Å²) in [5.41, 5.74) is -1.55. The second-order valence-corrected chi connectivity index (χ2v) is 5.34. The number of ketones is 2. The van der Waals surface area contributed by atoms with Crippen LogP contribution in [-0.4, -0.2) is 35.9 Å². The highest BCUT2D eigenvalue weighted by atomic mass is 32.2. The predicted octanol–water partition coefficient (Wildman–Crippen LogP) is 3.39. The van der Waals surface area contributed by atoms with Crippen molar-refractivity contribution in [3.05, 3.63) is 21.2 Å². The largest absolute Gasteiger partial charge is 0.455 e. The van der Waals surface area contributed by atoms with Gasteiger partial charge in [-0.25, -0.2) is 0 Å². The Balaban J connectivity index is 3.50. The lowest BCUT2D eigenvalue weighted by atomic mass is 10.1. The molecule has 0 aromatic rings. The van der Waals surface area contributed by atoms with Crippen LogP contribution >= 0.6 is 11.8 Å². The number of thioether (sulfide) groups is 1. The molecule has 0 amide bonds. The minimum Gasteiger partial charge on any atom is -0.342 e. The van der Waals surface area contributed by atoms with Gasteiger partial charge in [-0.15, -0.1) is 0 Å². The number of hydrogen-bond donors (Lipinski definition) is 0. The van der Waals surface area contributed by atoms with Crippen molar-refractivity contribution < 1.29 is 35.9 Å². The average molecular weight is 333 g/mol. The maximum absolute atomic E-state index is 12.5. The Hall–Kier alpha value is -1.45. The fourth-order valence-electron chi connectivity index (χ4n) is 1.48. The van der Waals surface area contributed by atoms with Crippen molar-refractivity contribution in [2.75, 3.05) is 7.05 Å². The lowest BCUT2D eigenvalue weighted by Crippen LogP contribution is -2.36. The first-order valence-corrected chi connectivity index (χ1v) is 6.16. The molecule has 0 saturated carbocycles. The van der Waals surface area contributed by atoms with Gasteiger partial charge in [-0.3, -0.25) is 9.59 Å². The van der Waals surface area contributed by atoms with E-state index in [1.807, 2.05) is 0 Å². The highest BCUT2D eigenvalue weighted by Crippen LogP contribution is 2.43. The lowest BCUT2D eigenvalue weighted by molar-refractivity contribution is -0.175. The van der Waals surface area contributed by atoms with Gasteiger partial charge in [0.15, 0.2) is 0 Å². The predicted molar refractivity (Wildman–Crippen MR) is 62.9 cm³/mol. The first kappa shape index (κ1) is 17.6.